The predicted molar refractivity (Wildman–Crippen MR) is 108 cm³/mol. The quantitative estimate of drug-likeness (QED) is 0.372. The molecular weight excluding hydrogens is 375 g/mol. The molecule has 0 saturated carbocycles. The van der Waals surface area contributed by atoms with Crippen LogP contribution in [-0.2, 0) is 5.60 Å². The highest BCUT2D eigenvalue weighted by molar-refractivity contribution is 5.84. The van der Waals surface area contributed by atoms with Gasteiger partial charge >= 0.3 is 0 Å². The molecule has 3 aromatic rings. The van der Waals surface area contributed by atoms with E-state index in [0.29, 0.717) is 17.2 Å². The summed E-state index contributed by atoms with van der Waals surface area (Å²) in [4.78, 5) is 14.5. The van der Waals surface area contributed by atoms with Crippen LogP contribution in [0.5, 0.6) is 5.75 Å². The van der Waals surface area contributed by atoms with E-state index in [1.807, 2.05) is 12.1 Å². The fraction of sp³-hybridized carbons (Fsp3) is 0.136. The van der Waals surface area contributed by atoms with Crippen molar-refractivity contribution in [2.75, 3.05) is 0 Å². The highest BCUT2D eigenvalue weighted by Gasteiger charge is 2.37. The van der Waals surface area contributed by atoms with E-state index in [4.69, 9.17) is 0 Å². The number of nitrogens with zero attached hydrogens (tertiary/aromatic N) is 2. The van der Waals surface area contributed by atoms with Gasteiger partial charge in [0.2, 0.25) is 0 Å². The number of phenols is 1. The molecule has 2 N–H and O–H groups in total. The number of halogens is 1. The number of aromatic hydroxyl groups is 1. The Bertz CT molecular complexity index is 1000. The van der Waals surface area contributed by atoms with Gasteiger partial charge in [0.15, 0.2) is 11.6 Å². The van der Waals surface area contributed by atoms with E-state index < -0.39 is 33.8 Å². The zero-order valence-corrected chi connectivity index (χ0v) is 15.6. The van der Waals surface area contributed by atoms with E-state index in [-0.39, 0.29) is 5.56 Å². The molecule has 0 spiro atoms. The molecule has 6 nitrogen and oxygen atoms in total. The van der Waals surface area contributed by atoms with Gasteiger partial charge in [-0.2, -0.15) is 0 Å². The highest BCUT2D eigenvalue weighted by Crippen LogP contribution is 2.35. The van der Waals surface area contributed by atoms with Crippen LogP contribution < -0.4 is 0 Å². The summed E-state index contributed by atoms with van der Waals surface area (Å²) in [6.45, 7) is 1.67. The molecule has 0 aromatic heterocycles. The molecule has 29 heavy (non-hydrogen) atoms. The van der Waals surface area contributed by atoms with Crippen molar-refractivity contribution in [1.29, 1.82) is 0 Å². The van der Waals surface area contributed by atoms with Crippen molar-refractivity contribution in [1.82, 2.24) is 0 Å². The van der Waals surface area contributed by atoms with Gasteiger partial charge in [-0.15, -0.1) is 0 Å². The predicted octanol–water partition coefficient (Wildman–Crippen LogP) is 4.18. The third-order valence-corrected chi connectivity index (χ3v) is 4.76. The van der Waals surface area contributed by atoms with E-state index in [2.05, 4.69) is 4.99 Å². The summed E-state index contributed by atoms with van der Waals surface area (Å²) in [5.74, 6) is -1.86. The van der Waals surface area contributed by atoms with Crippen molar-refractivity contribution in [3.63, 3.8) is 0 Å². The van der Waals surface area contributed by atoms with Gasteiger partial charge < -0.3 is 10.2 Å². The number of rotatable bonds is 6. The molecule has 0 saturated heterocycles. The summed E-state index contributed by atoms with van der Waals surface area (Å²) in [5.41, 5.74) is -0.952. The highest BCUT2D eigenvalue weighted by atomic mass is 19.1. The minimum absolute atomic E-state index is 0.146. The maximum absolute atomic E-state index is 13.8. The van der Waals surface area contributed by atoms with Gasteiger partial charge in [-0.3, -0.25) is 15.1 Å². The molecule has 0 bridgehead atoms. The average molecular weight is 394 g/mol. The first kappa shape index (κ1) is 20.2. The minimum atomic E-state index is -1.51. The number of aliphatic imine (C=N–C) groups is 1. The maximum atomic E-state index is 13.8. The minimum Gasteiger partial charge on any atom is -0.504 e. The number of benzene rings is 3. The molecule has 3 aromatic carbocycles. The second kappa shape index (κ2) is 8.20. The number of nitro benzene ring substituents is 1. The lowest BCUT2D eigenvalue weighted by molar-refractivity contribution is -0.385. The third-order valence-electron chi connectivity index (χ3n) is 4.76. The summed E-state index contributed by atoms with van der Waals surface area (Å²) >= 11 is 0. The normalized spacial score (nSPS) is 12.8. The molecule has 0 amide bonds. The zero-order valence-electron chi connectivity index (χ0n) is 15.6. The molecule has 1 atom stereocenters. The van der Waals surface area contributed by atoms with Crippen LogP contribution >= 0.6 is 0 Å². The monoisotopic (exact) mass is 394 g/mol. The molecule has 0 unspecified atom stereocenters. The number of hydrogen-bond acceptors (Lipinski definition) is 5. The Balaban J connectivity index is 2.05. The fourth-order valence-electron chi connectivity index (χ4n) is 3.14. The second-order valence-electron chi connectivity index (χ2n) is 6.58. The van der Waals surface area contributed by atoms with Gasteiger partial charge in [0, 0.05) is 17.8 Å². The lowest BCUT2D eigenvalue weighted by Gasteiger charge is -2.33. The molecule has 0 aliphatic rings. The van der Waals surface area contributed by atoms with E-state index in [9.17, 15) is 24.7 Å². The summed E-state index contributed by atoms with van der Waals surface area (Å²) in [6.07, 6.45) is 1.13. The number of hydrogen-bond donors (Lipinski definition) is 2. The van der Waals surface area contributed by atoms with Crippen molar-refractivity contribution in [3.8, 4) is 5.75 Å². The van der Waals surface area contributed by atoms with Crippen LogP contribution in [0.2, 0.25) is 0 Å². The average Bonchev–Trinajstić information content (AvgIpc) is 2.74. The van der Waals surface area contributed by atoms with Gasteiger partial charge in [0.05, 0.1) is 17.0 Å². The van der Waals surface area contributed by atoms with Crippen LogP contribution in [0.15, 0.2) is 77.8 Å². The zero-order chi connectivity index (χ0) is 21.0. The van der Waals surface area contributed by atoms with Crippen molar-refractivity contribution in [2.45, 2.75) is 18.6 Å². The fourth-order valence-corrected chi connectivity index (χ4v) is 3.14. The smallest absolute Gasteiger partial charge is 0.273 e. The first-order chi connectivity index (χ1) is 13.8. The van der Waals surface area contributed by atoms with Gasteiger partial charge in [0.25, 0.3) is 5.69 Å². The first-order valence-electron chi connectivity index (χ1n) is 8.87. The van der Waals surface area contributed by atoms with Crippen LogP contribution in [0.1, 0.15) is 23.6 Å². The van der Waals surface area contributed by atoms with Gasteiger partial charge in [-0.25, -0.2) is 4.39 Å². The molecule has 3 rings (SSSR count). The Labute approximate surface area is 166 Å². The standard InChI is InChI=1S/C22H19FN2O4/c1-15(24-14-16-12-19(25(28)29)13-20(23)21(16)26)22(27,17-8-4-2-5-9-17)18-10-6-3-7-11-18/h2-15,26-27H,1H3/t15-/m1/s1. The summed E-state index contributed by atoms with van der Waals surface area (Å²) < 4.78 is 13.8. The van der Waals surface area contributed by atoms with E-state index in [1.54, 1.807) is 55.5 Å². The van der Waals surface area contributed by atoms with Gasteiger partial charge in [-0.1, -0.05) is 60.7 Å². The largest absolute Gasteiger partial charge is 0.504 e. The SMILES string of the molecule is C[C@@H](N=Cc1cc([N+](=O)[O-])cc(F)c1O)C(O)(c1ccccc1)c1ccccc1. The Morgan fingerprint density at radius 3 is 2.07 bits per heavy atom. The third kappa shape index (κ3) is 4.00. The molecule has 148 valence electrons. The van der Waals surface area contributed by atoms with Crippen LogP contribution in [0.3, 0.4) is 0 Å². The Hall–Kier alpha value is -3.58. The number of non-ortho nitro benzene ring substituents is 1. The molecule has 7 heteroatoms. The molecule has 0 heterocycles. The molecule has 0 radical (unpaired) electrons. The van der Waals surface area contributed by atoms with Gasteiger partial charge in [-0.05, 0) is 18.1 Å². The lowest BCUT2D eigenvalue weighted by Crippen LogP contribution is -2.38. The van der Waals surface area contributed by atoms with Crippen LogP contribution in [0.25, 0.3) is 0 Å². The maximum Gasteiger partial charge on any atom is 0.273 e. The lowest BCUT2D eigenvalue weighted by atomic mass is 9.81. The van der Waals surface area contributed by atoms with E-state index in [0.717, 1.165) is 12.3 Å². The summed E-state index contributed by atoms with van der Waals surface area (Å²) in [5, 5.41) is 32.5. The molecule has 0 aliphatic carbocycles. The number of phenolic OH excluding ortho intramolecular Hbond substituents is 1. The molecule has 0 aliphatic heterocycles. The van der Waals surface area contributed by atoms with Crippen LogP contribution in [-0.4, -0.2) is 27.4 Å². The van der Waals surface area contributed by atoms with Crippen molar-refractivity contribution < 1.29 is 19.5 Å². The summed E-state index contributed by atoms with van der Waals surface area (Å²) in [7, 11) is 0. The van der Waals surface area contributed by atoms with Crippen molar-refractivity contribution in [3.05, 3.63) is 105 Å². The Kier molecular flexibility index (Phi) is 5.70. The Morgan fingerprint density at radius 2 is 1.59 bits per heavy atom. The van der Waals surface area contributed by atoms with Crippen LogP contribution in [0, 0.1) is 15.9 Å². The molecule has 0 fully saturated rings. The topological polar surface area (TPSA) is 96.0 Å². The Morgan fingerprint density at radius 1 is 1.07 bits per heavy atom. The summed E-state index contributed by atoms with van der Waals surface area (Å²) in [6, 6.07) is 18.8. The second-order valence-corrected chi connectivity index (χ2v) is 6.58. The van der Waals surface area contributed by atoms with Crippen molar-refractivity contribution >= 4 is 11.9 Å². The number of aliphatic hydroxyl groups is 1. The number of nitro groups is 1. The van der Waals surface area contributed by atoms with E-state index >= 15 is 0 Å². The van der Waals surface area contributed by atoms with Crippen LogP contribution in [0.4, 0.5) is 10.1 Å². The van der Waals surface area contributed by atoms with Crippen molar-refractivity contribution in [2.24, 2.45) is 4.99 Å². The van der Waals surface area contributed by atoms with Gasteiger partial charge in [0.1, 0.15) is 5.60 Å². The molecular formula is C22H19FN2O4. The van der Waals surface area contributed by atoms with E-state index in [1.165, 1.54) is 0 Å². The first-order valence-corrected chi connectivity index (χ1v) is 8.87.